The summed E-state index contributed by atoms with van der Waals surface area (Å²) in [7, 11) is 0. The molecule has 3 N–H and O–H groups in total. The van der Waals surface area contributed by atoms with Crippen molar-refractivity contribution >= 4 is 40.2 Å². The SMILES string of the molecule is CCC(=O)C(=O)N(CC1CCCCC1)[C@@H]1CC(C(=O)NCCO)=C[C@H](Oc2ccccc2I)[C@H]1O. The number of nitrogens with one attached hydrogen (secondary N) is 1. The molecule has 1 aromatic rings. The molecule has 2 amide bonds. The van der Waals surface area contributed by atoms with Gasteiger partial charge in [-0.2, -0.15) is 0 Å². The molecule has 0 radical (unpaired) electrons. The molecule has 192 valence electrons. The van der Waals surface area contributed by atoms with Gasteiger partial charge >= 0.3 is 0 Å². The van der Waals surface area contributed by atoms with Crippen molar-refractivity contribution in [1.82, 2.24) is 10.2 Å². The van der Waals surface area contributed by atoms with E-state index < -0.39 is 29.9 Å². The quantitative estimate of drug-likeness (QED) is 0.282. The van der Waals surface area contributed by atoms with Gasteiger partial charge in [0, 0.05) is 31.5 Å². The number of hydrogen-bond donors (Lipinski definition) is 3. The van der Waals surface area contributed by atoms with E-state index in [4.69, 9.17) is 9.84 Å². The minimum Gasteiger partial charge on any atom is -0.482 e. The Kier molecular flexibility index (Phi) is 10.5. The smallest absolute Gasteiger partial charge is 0.290 e. The van der Waals surface area contributed by atoms with Crippen LogP contribution < -0.4 is 10.1 Å². The van der Waals surface area contributed by atoms with Gasteiger partial charge in [-0.05, 0) is 59.6 Å². The number of hydrogen-bond acceptors (Lipinski definition) is 6. The summed E-state index contributed by atoms with van der Waals surface area (Å²) in [5, 5.41) is 23.2. The van der Waals surface area contributed by atoms with Crippen molar-refractivity contribution in [3.05, 3.63) is 39.5 Å². The number of para-hydroxylation sites is 1. The van der Waals surface area contributed by atoms with E-state index in [-0.39, 0.29) is 37.8 Å². The van der Waals surface area contributed by atoms with Gasteiger partial charge < -0.3 is 25.2 Å². The number of carbonyl (C=O) groups excluding carboxylic acids is 3. The van der Waals surface area contributed by atoms with Crippen molar-refractivity contribution in [3.63, 3.8) is 0 Å². The van der Waals surface area contributed by atoms with Gasteiger partial charge in [0.1, 0.15) is 18.0 Å². The monoisotopic (exact) mass is 598 g/mol. The lowest BCUT2D eigenvalue weighted by molar-refractivity contribution is -0.150. The molecule has 0 spiro atoms. The van der Waals surface area contributed by atoms with Crippen LogP contribution in [-0.2, 0) is 14.4 Å². The van der Waals surface area contributed by atoms with Gasteiger partial charge in [0.2, 0.25) is 11.7 Å². The molecule has 0 saturated heterocycles. The summed E-state index contributed by atoms with van der Waals surface area (Å²) in [6.07, 6.45) is 4.99. The second kappa shape index (κ2) is 13.4. The van der Waals surface area contributed by atoms with Crippen LogP contribution in [0.5, 0.6) is 5.75 Å². The molecule has 2 aliphatic carbocycles. The summed E-state index contributed by atoms with van der Waals surface area (Å²) in [5.74, 6) is -0.717. The highest BCUT2D eigenvalue weighted by Gasteiger charge is 2.42. The molecule has 0 aromatic heterocycles. The Morgan fingerprint density at radius 3 is 2.54 bits per heavy atom. The topological polar surface area (TPSA) is 116 Å². The van der Waals surface area contributed by atoms with Crippen molar-refractivity contribution < 1.29 is 29.3 Å². The maximum Gasteiger partial charge on any atom is 0.290 e. The Labute approximate surface area is 220 Å². The third-order valence-corrected chi connectivity index (χ3v) is 7.61. The predicted octanol–water partition coefficient (Wildman–Crippen LogP) is 2.59. The lowest BCUT2D eigenvalue weighted by Crippen LogP contribution is -2.57. The Bertz CT molecular complexity index is 930. The average molecular weight is 598 g/mol. The Morgan fingerprint density at radius 1 is 1.17 bits per heavy atom. The summed E-state index contributed by atoms with van der Waals surface area (Å²) in [4.78, 5) is 40.1. The molecule has 0 heterocycles. The first-order valence-electron chi connectivity index (χ1n) is 12.4. The van der Waals surface area contributed by atoms with E-state index in [0.29, 0.717) is 17.9 Å². The number of Topliss-reactive ketones (excluding diaryl/α,β-unsaturated/α-hetero) is 1. The lowest BCUT2D eigenvalue weighted by Gasteiger charge is -2.42. The molecule has 0 unspecified atom stereocenters. The number of aliphatic hydroxyl groups excluding tert-OH is 2. The van der Waals surface area contributed by atoms with Gasteiger partial charge in [0.15, 0.2) is 0 Å². The number of amides is 2. The van der Waals surface area contributed by atoms with Gasteiger partial charge in [-0.15, -0.1) is 0 Å². The standard InChI is InChI=1S/C26H35IN2O6/c1-2-21(31)26(34)29(16-17-8-4-3-5-9-17)20-14-18(25(33)28-12-13-30)15-23(24(20)32)35-22-11-7-6-10-19(22)27/h6-7,10-11,15,17,20,23-24,30,32H,2-5,8-9,12-14,16H2,1H3,(H,28,33)/t20-,23+,24+/m1/s1. The Morgan fingerprint density at radius 2 is 1.89 bits per heavy atom. The largest absolute Gasteiger partial charge is 0.482 e. The van der Waals surface area contributed by atoms with Crippen LogP contribution in [0.1, 0.15) is 51.9 Å². The normalized spacial score (nSPS) is 22.7. The van der Waals surface area contributed by atoms with Crippen LogP contribution in [0.3, 0.4) is 0 Å². The number of halogens is 1. The summed E-state index contributed by atoms with van der Waals surface area (Å²) >= 11 is 2.14. The van der Waals surface area contributed by atoms with E-state index in [1.165, 1.54) is 4.90 Å². The van der Waals surface area contributed by atoms with Crippen LogP contribution >= 0.6 is 22.6 Å². The number of rotatable bonds is 10. The van der Waals surface area contributed by atoms with Crippen LogP contribution in [-0.4, -0.2) is 70.7 Å². The van der Waals surface area contributed by atoms with Crippen molar-refractivity contribution in [3.8, 4) is 5.75 Å². The molecule has 0 aliphatic heterocycles. The number of carbonyl (C=O) groups is 3. The summed E-state index contributed by atoms with van der Waals surface area (Å²) in [5.41, 5.74) is 0.357. The van der Waals surface area contributed by atoms with Crippen LogP contribution in [0.2, 0.25) is 0 Å². The second-order valence-corrected chi connectivity index (χ2v) is 10.3. The van der Waals surface area contributed by atoms with E-state index in [0.717, 1.165) is 35.7 Å². The van der Waals surface area contributed by atoms with Gasteiger partial charge in [0.05, 0.1) is 16.2 Å². The summed E-state index contributed by atoms with van der Waals surface area (Å²) in [6.45, 7) is 1.90. The van der Waals surface area contributed by atoms with E-state index >= 15 is 0 Å². The highest BCUT2D eigenvalue weighted by Crippen LogP contribution is 2.32. The summed E-state index contributed by atoms with van der Waals surface area (Å²) in [6, 6.07) is 6.57. The molecule has 1 saturated carbocycles. The number of aliphatic hydroxyl groups is 2. The van der Waals surface area contributed by atoms with Gasteiger partial charge in [0.25, 0.3) is 5.91 Å². The summed E-state index contributed by atoms with van der Waals surface area (Å²) < 4.78 is 6.98. The zero-order valence-electron chi connectivity index (χ0n) is 20.1. The number of benzene rings is 1. The predicted molar refractivity (Wildman–Crippen MR) is 140 cm³/mol. The average Bonchev–Trinajstić information content (AvgIpc) is 2.88. The molecule has 3 rings (SSSR count). The first kappa shape index (κ1) is 27.6. The van der Waals surface area contributed by atoms with Crippen LogP contribution in [0.15, 0.2) is 35.9 Å². The number of ketones is 1. The van der Waals surface area contributed by atoms with Gasteiger partial charge in [-0.1, -0.05) is 38.3 Å². The third-order valence-electron chi connectivity index (χ3n) is 6.71. The van der Waals surface area contributed by atoms with Crippen LogP contribution in [0.4, 0.5) is 0 Å². The third kappa shape index (κ3) is 7.27. The molecule has 3 atom stereocenters. The van der Waals surface area contributed by atoms with Gasteiger partial charge in [-0.3, -0.25) is 14.4 Å². The fraction of sp³-hybridized carbons (Fsp3) is 0.577. The molecule has 2 aliphatic rings. The molecular weight excluding hydrogens is 563 g/mol. The molecule has 8 nitrogen and oxygen atoms in total. The first-order chi connectivity index (χ1) is 16.8. The molecule has 0 bridgehead atoms. The molecular formula is C26H35IN2O6. The molecule has 9 heteroatoms. The van der Waals surface area contributed by atoms with Crippen molar-refractivity contribution in [2.45, 2.75) is 70.1 Å². The fourth-order valence-corrected chi connectivity index (χ4v) is 5.31. The van der Waals surface area contributed by atoms with Crippen LogP contribution in [0, 0.1) is 9.49 Å². The lowest BCUT2D eigenvalue weighted by atomic mass is 9.85. The zero-order chi connectivity index (χ0) is 25.4. The minimum atomic E-state index is -1.13. The van der Waals surface area contributed by atoms with Crippen molar-refractivity contribution in [1.29, 1.82) is 0 Å². The second-order valence-electron chi connectivity index (χ2n) is 9.18. The van der Waals surface area contributed by atoms with Crippen molar-refractivity contribution in [2.24, 2.45) is 5.92 Å². The maximum atomic E-state index is 13.2. The molecule has 1 aromatic carbocycles. The van der Waals surface area contributed by atoms with E-state index in [1.54, 1.807) is 19.1 Å². The molecule has 1 fully saturated rings. The Hall–Kier alpha value is -1.98. The first-order valence-corrected chi connectivity index (χ1v) is 13.5. The Balaban J connectivity index is 1.94. The fourth-order valence-electron chi connectivity index (χ4n) is 4.79. The van der Waals surface area contributed by atoms with E-state index in [2.05, 4.69) is 27.9 Å². The van der Waals surface area contributed by atoms with E-state index in [9.17, 15) is 19.5 Å². The zero-order valence-corrected chi connectivity index (χ0v) is 22.3. The van der Waals surface area contributed by atoms with E-state index in [1.807, 2.05) is 18.2 Å². The van der Waals surface area contributed by atoms with Crippen molar-refractivity contribution in [2.75, 3.05) is 19.7 Å². The highest BCUT2D eigenvalue weighted by atomic mass is 127. The number of nitrogens with zero attached hydrogens (tertiary/aromatic N) is 1. The number of ether oxygens (including phenoxy) is 1. The minimum absolute atomic E-state index is 0.0740. The highest BCUT2D eigenvalue weighted by molar-refractivity contribution is 14.1. The molecule has 35 heavy (non-hydrogen) atoms. The van der Waals surface area contributed by atoms with Gasteiger partial charge in [-0.25, -0.2) is 0 Å². The maximum absolute atomic E-state index is 13.2. The van der Waals surface area contributed by atoms with Crippen LogP contribution in [0.25, 0.3) is 0 Å².